The van der Waals surface area contributed by atoms with Gasteiger partial charge in [0.2, 0.25) is 0 Å². The van der Waals surface area contributed by atoms with Crippen molar-refractivity contribution in [3.05, 3.63) is 24.3 Å². The van der Waals surface area contributed by atoms with Gasteiger partial charge in [0.25, 0.3) is 5.91 Å². The molecule has 1 aromatic carbocycles. The van der Waals surface area contributed by atoms with E-state index in [-0.39, 0.29) is 18.8 Å². The lowest BCUT2D eigenvalue weighted by Crippen LogP contribution is -2.41. The molecule has 102 valence electrons. The maximum Gasteiger partial charge on any atom is 0.265 e. The number of hydrogen-bond acceptors (Lipinski definition) is 4. The average Bonchev–Trinajstić information content (AvgIpc) is 2.47. The lowest BCUT2D eigenvalue weighted by Gasteiger charge is -2.31. The van der Waals surface area contributed by atoms with Crippen LogP contribution in [0.2, 0.25) is 0 Å². The molecule has 2 aliphatic heterocycles. The molecular weight excluding hydrogens is 246 g/mol. The van der Waals surface area contributed by atoms with Crippen LogP contribution in [0.3, 0.4) is 0 Å². The topological polar surface area (TPSA) is 48.0 Å². The zero-order valence-corrected chi connectivity index (χ0v) is 10.7. The van der Waals surface area contributed by atoms with Gasteiger partial charge in [-0.15, -0.1) is 0 Å². The van der Waals surface area contributed by atoms with Crippen LogP contribution in [0.4, 0.5) is 5.69 Å². The molecule has 1 fully saturated rings. The van der Waals surface area contributed by atoms with Crippen molar-refractivity contribution in [3.63, 3.8) is 0 Å². The molecule has 0 aliphatic carbocycles. The first-order valence-corrected chi connectivity index (χ1v) is 6.60. The van der Waals surface area contributed by atoms with Crippen molar-refractivity contribution in [2.45, 2.75) is 19.1 Å². The summed E-state index contributed by atoms with van der Waals surface area (Å²) < 4.78 is 16.4. The zero-order valence-electron chi connectivity index (χ0n) is 10.7. The van der Waals surface area contributed by atoms with Gasteiger partial charge in [0.15, 0.2) is 12.9 Å². The number of ether oxygens (including phenoxy) is 3. The molecule has 2 aliphatic rings. The number of anilines is 1. The van der Waals surface area contributed by atoms with Crippen LogP contribution in [0.1, 0.15) is 12.8 Å². The summed E-state index contributed by atoms with van der Waals surface area (Å²) in [5.41, 5.74) is 0.828. The highest BCUT2D eigenvalue weighted by molar-refractivity contribution is 5.97. The van der Waals surface area contributed by atoms with Crippen molar-refractivity contribution in [1.29, 1.82) is 0 Å². The molecule has 0 unspecified atom stereocenters. The van der Waals surface area contributed by atoms with E-state index >= 15 is 0 Å². The van der Waals surface area contributed by atoms with E-state index in [0.29, 0.717) is 13.0 Å². The molecule has 2 heterocycles. The SMILES string of the molecule is O=C1COc2ccccc2N1CCC1OCCCO1. The largest absolute Gasteiger partial charge is 0.482 e. The number of carbonyl (C=O) groups excluding carboxylic acids is 1. The van der Waals surface area contributed by atoms with Crippen LogP contribution in [-0.4, -0.2) is 38.6 Å². The number of nitrogens with zero attached hydrogens (tertiary/aromatic N) is 1. The summed E-state index contributed by atoms with van der Waals surface area (Å²) >= 11 is 0. The zero-order chi connectivity index (χ0) is 13.1. The van der Waals surface area contributed by atoms with E-state index < -0.39 is 0 Å². The molecular formula is C14H17NO4. The van der Waals surface area contributed by atoms with Crippen LogP contribution in [0.15, 0.2) is 24.3 Å². The van der Waals surface area contributed by atoms with E-state index in [9.17, 15) is 4.79 Å². The summed E-state index contributed by atoms with van der Waals surface area (Å²) in [6, 6.07) is 7.58. The predicted octanol–water partition coefficient (Wildman–Crippen LogP) is 1.57. The van der Waals surface area contributed by atoms with Crippen molar-refractivity contribution in [2.75, 3.05) is 31.3 Å². The molecule has 0 spiro atoms. The van der Waals surface area contributed by atoms with Crippen LogP contribution in [0.25, 0.3) is 0 Å². The maximum absolute atomic E-state index is 11.9. The Morgan fingerprint density at radius 3 is 2.84 bits per heavy atom. The third kappa shape index (κ3) is 2.72. The number of para-hydroxylation sites is 2. The van der Waals surface area contributed by atoms with Gasteiger partial charge in [-0.2, -0.15) is 0 Å². The fraction of sp³-hybridized carbons (Fsp3) is 0.500. The van der Waals surface area contributed by atoms with Gasteiger partial charge in [-0.05, 0) is 18.6 Å². The highest BCUT2D eigenvalue weighted by atomic mass is 16.7. The molecule has 0 bridgehead atoms. The standard InChI is InChI=1S/C14H17NO4/c16-13-10-19-12-5-2-1-4-11(12)15(13)7-6-14-17-8-3-9-18-14/h1-2,4-5,14H,3,6-10H2. The summed E-state index contributed by atoms with van der Waals surface area (Å²) in [6.07, 6.45) is 1.42. The van der Waals surface area contributed by atoms with E-state index in [1.165, 1.54) is 0 Å². The van der Waals surface area contributed by atoms with Gasteiger partial charge < -0.3 is 19.1 Å². The van der Waals surface area contributed by atoms with E-state index in [1.807, 2.05) is 24.3 Å². The molecule has 19 heavy (non-hydrogen) atoms. The maximum atomic E-state index is 11.9. The fourth-order valence-electron chi connectivity index (χ4n) is 2.34. The molecule has 1 aromatic rings. The molecule has 0 aromatic heterocycles. The average molecular weight is 263 g/mol. The van der Waals surface area contributed by atoms with Crippen LogP contribution in [0.5, 0.6) is 5.75 Å². The third-order valence-corrected chi connectivity index (χ3v) is 3.29. The summed E-state index contributed by atoms with van der Waals surface area (Å²) in [7, 11) is 0. The van der Waals surface area contributed by atoms with E-state index in [2.05, 4.69) is 0 Å². The summed E-state index contributed by atoms with van der Waals surface area (Å²) in [5, 5.41) is 0. The summed E-state index contributed by atoms with van der Waals surface area (Å²) in [4.78, 5) is 13.7. The first-order chi connectivity index (χ1) is 9.34. The normalized spacial score (nSPS) is 20.0. The smallest absolute Gasteiger partial charge is 0.265 e. The summed E-state index contributed by atoms with van der Waals surface area (Å²) in [6.45, 7) is 2.16. The monoisotopic (exact) mass is 263 g/mol. The first kappa shape index (κ1) is 12.4. The number of carbonyl (C=O) groups is 1. The number of amides is 1. The molecule has 0 radical (unpaired) electrons. The first-order valence-electron chi connectivity index (χ1n) is 6.60. The highest BCUT2D eigenvalue weighted by Crippen LogP contribution is 2.31. The molecule has 1 saturated heterocycles. The molecule has 1 amide bonds. The Balaban J connectivity index is 1.67. The Morgan fingerprint density at radius 2 is 2.00 bits per heavy atom. The Hall–Kier alpha value is -1.59. The van der Waals surface area contributed by atoms with E-state index in [0.717, 1.165) is 31.1 Å². The Morgan fingerprint density at radius 1 is 1.21 bits per heavy atom. The lowest BCUT2D eigenvalue weighted by atomic mass is 10.2. The van der Waals surface area contributed by atoms with Crippen LogP contribution in [-0.2, 0) is 14.3 Å². The Bertz CT molecular complexity index is 457. The van der Waals surface area contributed by atoms with Crippen molar-refractivity contribution < 1.29 is 19.0 Å². The molecule has 0 saturated carbocycles. The van der Waals surface area contributed by atoms with Gasteiger partial charge in [-0.3, -0.25) is 4.79 Å². The lowest BCUT2D eigenvalue weighted by molar-refractivity contribution is -0.179. The van der Waals surface area contributed by atoms with Crippen molar-refractivity contribution in [2.24, 2.45) is 0 Å². The van der Waals surface area contributed by atoms with Gasteiger partial charge >= 0.3 is 0 Å². The minimum absolute atomic E-state index is 0.0190. The Kier molecular flexibility index (Phi) is 3.66. The van der Waals surface area contributed by atoms with E-state index in [1.54, 1.807) is 4.90 Å². The molecule has 3 rings (SSSR count). The molecule has 0 N–H and O–H groups in total. The van der Waals surface area contributed by atoms with Crippen LogP contribution >= 0.6 is 0 Å². The van der Waals surface area contributed by atoms with Gasteiger partial charge in [0, 0.05) is 13.0 Å². The number of hydrogen-bond donors (Lipinski definition) is 0. The Labute approximate surface area is 112 Å². The summed E-state index contributed by atoms with van der Waals surface area (Å²) in [5.74, 6) is 0.738. The van der Waals surface area contributed by atoms with Crippen LogP contribution < -0.4 is 9.64 Å². The highest BCUT2D eigenvalue weighted by Gasteiger charge is 2.26. The van der Waals surface area contributed by atoms with Crippen molar-refractivity contribution in [3.8, 4) is 5.75 Å². The van der Waals surface area contributed by atoms with Crippen LogP contribution in [0, 0.1) is 0 Å². The molecule has 5 nitrogen and oxygen atoms in total. The number of rotatable bonds is 3. The second kappa shape index (κ2) is 5.59. The minimum atomic E-state index is -0.198. The molecule has 5 heteroatoms. The van der Waals surface area contributed by atoms with Crippen molar-refractivity contribution in [1.82, 2.24) is 0 Å². The van der Waals surface area contributed by atoms with Gasteiger partial charge in [0.1, 0.15) is 5.75 Å². The van der Waals surface area contributed by atoms with Gasteiger partial charge in [-0.25, -0.2) is 0 Å². The quantitative estimate of drug-likeness (QED) is 0.830. The minimum Gasteiger partial charge on any atom is -0.482 e. The van der Waals surface area contributed by atoms with E-state index in [4.69, 9.17) is 14.2 Å². The van der Waals surface area contributed by atoms with Crippen molar-refractivity contribution >= 4 is 11.6 Å². The third-order valence-electron chi connectivity index (χ3n) is 3.29. The number of fused-ring (bicyclic) bond motifs is 1. The predicted molar refractivity (Wildman–Crippen MR) is 69.2 cm³/mol. The number of benzene rings is 1. The second-order valence-electron chi connectivity index (χ2n) is 4.62. The van der Waals surface area contributed by atoms with Gasteiger partial charge in [0.05, 0.1) is 18.9 Å². The van der Waals surface area contributed by atoms with Gasteiger partial charge in [-0.1, -0.05) is 12.1 Å². The second-order valence-corrected chi connectivity index (χ2v) is 4.62. The fourth-order valence-corrected chi connectivity index (χ4v) is 2.34. The molecule has 0 atom stereocenters.